The second-order valence-corrected chi connectivity index (χ2v) is 12.5. The summed E-state index contributed by atoms with van der Waals surface area (Å²) in [5.74, 6) is -4.41. The minimum Gasteiger partial charge on any atom is -0.382 e. The molecular formula is C38H24F6N4O4S2. The molecule has 0 atom stereocenters. The molecule has 2 aliphatic heterocycles. The van der Waals surface area contributed by atoms with E-state index < -0.39 is 46.9 Å². The number of nitrogens with one attached hydrogen (secondary N) is 2. The summed E-state index contributed by atoms with van der Waals surface area (Å²) in [4.78, 5) is 54.2. The fraction of sp³-hybridized carbons (Fsp3) is 0.105. The van der Waals surface area contributed by atoms with Crippen LogP contribution < -0.4 is 20.4 Å². The molecule has 0 aliphatic carbocycles. The number of halogens is 6. The number of anilines is 2. The topological polar surface area (TPSA) is 98.8 Å². The highest BCUT2D eigenvalue weighted by Crippen LogP contribution is 2.36. The van der Waals surface area contributed by atoms with Gasteiger partial charge in [-0.3, -0.25) is 29.0 Å². The zero-order valence-corrected chi connectivity index (χ0v) is 29.1. The van der Waals surface area contributed by atoms with E-state index in [4.69, 9.17) is 24.4 Å². The number of Topliss-reactive ketones (excluding diaryl/α,β-unsaturated/α-hetero) is 2. The van der Waals surface area contributed by atoms with Crippen LogP contribution in [0.25, 0.3) is 11.4 Å². The maximum absolute atomic E-state index is 13.5. The number of carbonyl (C=O) groups is 4. The van der Waals surface area contributed by atoms with Gasteiger partial charge < -0.3 is 10.6 Å². The van der Waals surface area contributed by atoms with Crippen molar-refractivity contribution in [3.63, 3.8) is 0 Å². The van der Waals surface area contributed by atoms with Crippen molar-refractivity contribution in [1.29, 1.82) is 0 Å². The third-order valence-electron chi connectivity index (χ3n) is 8.30. The third kappa shape index (κ3) is 7.30. The molecule has 54 heavy (non-hydrogen) atoms. The first-order valence-corrected chi connectivity index (χ1v) is 16.7. The monoisotopic (exact) mass is 778 g/mol. The third-order valence-corrected chi connectivity index (χ3v) is 9.07. The lowest BCUT2D eigenvalue weighted by Gasteiger charge is -2.19. The lowest BCUT2D eigenvalue weighted by atomic mass is 10.0. The summed E-state index contributed by atoms with van der Waals surface area (Å²) in [6.07, 6.45) is -9.45. The van der Waals surface area contributed by atoms with E-state index in [0.717, 1.165) is 34.1 Å². The number of thiocarbonyl (C=S) groups is 2. The summed E-state index contributed by atoms with van der Waals surface area (Å²) in [6.45, 7) is -0.0611. The first-order valence-electron chi connectivity index (χ1n) is 15.9. The fourth-order valence-electron chi connectivity index (χ4n) is 5.83. The van der Waals surface area contributed by atoms with Crippen molar-refractivity contribution in [3.05, 3.63) is 143 Å². The summed E-state index contributed by atoms with van der Waals surface area (Å²) >= 11 is 11.0. The highest BCUT2D eigenvalue weighted by molar-refractivity contribution is 7.81. The molecule has 0 bridgehead atoms. The molecule has 0 saturated carbocycles. The molecule has 4 aromatic rings. The SMILES string of the molecule is O=C1C(=O)N(c2cccc(C(F)(F)F)c2)C(=S)C1=C(NCCNC(=C1C(=O)C(=O)N(c2cccc(C(F)(F)F)c2)C1=S)c1ccccc1)c1ccccc1. The van der Waals surface area contributed by atoms with Gasteiger partial charge in [0.15, 0.2) is 0 Å². The van der Waals surface area contributed by atoms with Gasteiger partial charge in [-0.25, -0.2) is 0 Å². The number of ketones is 2. The fourth-order valence-corrected chi connectivity index (χ4v) is 6.59. The highest BCUT2D eigenvalue weighted by Gasteiger charge is 2.45. The number of rotatable bonds is 9. The van der Waals surface area contributed by atoms with E-state index in [2.05, 4.69) is 10.6 Å². The van der Waals surface area contributed by atoms with Crippen molar-refractivity contribution in [3.8, 4) is 0 Å². The maximum Gasteiger partial charge on any atom is 0.416 e. The van der Waals surface area contributed by atoms with Crippen molar-refractivity contribution in [2.45, 2.75) is 12.4 Å². The number of hydrogen-bond donors (Lipinski definition) is 2. The van der Waals surface area contributed by atoms with Gasteiger partial charge in [0.1, 0.15) is 9.98 Å². The van der Waals surface area contributed by atoms with Crippen molar-refractivity contribution in [2.75, 3.05) is 22.9 Å². The Morgan fingerprint density at radius 2 is 0.870 bits per heavy atom. The van der Waals surface area contributed by atoms with Crippen LogP contribution in [0.4, 0.5) is 37.7 Å². The van der Waals surface area contributed by atoms with E-state index in [1.54, 1.807) is 60.7 Å². The van der Waals surface area contributed by atoms with E-state index in [9.17, 15) is 45.5 Å². The summed E-state index contributed by atoms with van der Waals surface area (Å²) in [5.41, 5.74) is -2.07. The molecule has 2 fully saturated rings. The van der Waals surface area contributed by atoms with Gasteiger partial charge in [-0.2, -0.15) is 26.3 Å². The largest absolute Gasteiger partial charge is 0.416 e. The normalized spacial score (nSPS) is 17.1. The van der Waals surface area contributed by atoms with Crippen molar-refractivity contribution in [2.24, 2.45) is 0 Å². The molecule has 2 N–H and O–H groups in total. The Kier molecular flexibility index (Phi) is 10.3. The molecule has 2 aliphatic rings. The molecule has 8 nitrogen and oxygen atoms in total. The summed E-state index contributed by atoms with van der Waals surface area (Å²) in [6, 6.07) is 24.2. The number of carbonyl (C=O) groups excluding carboxylic acids is 4. The van der Waals surface area contributed by atoms with Crippen LogP contribution in [0.3, 0.4) is 0 Å². The molecule has 0 radical (unpaired) electrons. The Morgan fingerprint density at radius 3 is 1.20 bits per heavy atom. The van der Waals surface area contributed by atoms with E-state index >= 15 is 0 Å². The first-order chi connectivity index (χ1) is 25.6. The standard InChI is InChI=1S/C38H24F6N4O4S2/c39-37(40,41)23-13-7-15-25(19-23)47-33(51)31(49)27(35(47)53)29(21-9-3-1-4-10-21)45-17-18-46-30(22-11-5-2-6-12-22)28-32(50)34(52)48(36(28)54)26-16-8-14-24(20-26)38(42,43)44/h1-16,19-20,45-46H,17-18H2. The van der Waals surface area contributed by atoms with Crippen LogP contribution in [-0.4, -0.2) is 46.4 Å². The minimum absolute atomic E-state index is 0.0305. The molecule has 2 amide bonds. The van der Waals surface area contributed by atoms with Crippen LogP contribution in [0, 0.1) is 0 Å². The molecule has 2 saturated heterocycles. The zero-order chi connectivity index (χ0) is 38.9. The van der Waals surface area contributed by atoms with Gasteiger partial charge in [-0.15, -0.1) is 0 Å². The van der Waals surface area contributed by atoms with Gasteiger partial charge in [-0.05, 0) is 47.5 Å². The summed E-state index contributed by atoms with van der Waals surface area (Å²) in [7, 11) is 0. The molecule has 2 heterocycles. The molecular weight excluding hydrogens is 755 g/mol. The van der Waals surface area contributed by atoms with Crippen LogP contribution in [-0.2, 0) is 31.5 Å². The number of amides is 2. The smallest absolute Gasteiger partial charge is 0.382 e. The highest BCUT2D eigenvalue weighted by atomic mass is 32.1. The van der Waals surface area contributed by atoms with E-state index in [1.165, 1.54) is 12.1 Å². The van der Waals surface area contributed by atoms with Crippen LogP contribution in [0.1, 0.15) is 22.3 Å². The zero-order valence-electron chi connectivity index (χ0n) is 27.4. The first kappa shape index (κ1) is 37.7. The average Bonchev–Trinajstić information content (AvgIpc) is 3.50. The Hall–Kier alpha value is -6.00. The van der Waals surface area contributed by atoms with E-state index in [-0.39, 0.29) is 57.0 Å². The quantitative estimate of drug-likeness (QED) is 0.0623. The second kappa shape index (κ2) is 14.8. The summed E-state index contributed by atoms with van der Waals surface area (Å²) in [5, 5.41) is 6.15. The van der Waals surface area contributed by atoms with Crippen molar-refractivity contribution >= 4 is 80.6 Å². The Balaban J connectivity index is 1.32. The van der Waals surface area contributed by atoms with Crippen molar-refractivity contribution in [1.82, 2.24) is 10.6 Å². The number of nitrogens with zero attached hydrogens (tertiary/aromatic N) is 2. The molecule has 16 heteroatoms. The van der Waals surface area contributed by atoms with Crippen LogP contribution in [0.5, 0.6) is 0 Å². The number of benzene rings is 4. The van der Waals surface area contributed by atoms with Crippen LogP contribution in [0.15, 0.2) is 120 Å². The van der Waals surface area contributed by atoms with Gasteiger partial charge in [0, 0.05) is 13.1 Å². The molecule has 274 valence electrons. The van der Waals surface area contributed by atoms with Gasteiger partial charge in [0.2, 0.25) is 0 Å². The Morgan fingerprint density at radius 1 is 0.519 bits per heavy atom. The molecule has 0 unspecified atom stereocenters. The van der Waals surface area contributed by atoms with Gasteiger partial charge in [-0.1, -0.05) is 97.2 Å². The van der Waals surface area contributed by atoms with E-state index in [1.807, 2.05) is 0 Å². The predicted molar refractivity (Wildman–Crippen MR) is 196 cm³/mol. The Labute approximate surface area is 313 Å². The molecule has 4 aromatic carbocycles. The predicted octanol–water partition coefficient (Wildman–Crippen LogP) is 6.91. The number of alkyl halides is 6. The maximum atomic E-state index is 13.5. The average molecular weight is 779 g/mol. The second-order valence-electron chi connectivity index (χ2n) is 11.7. The Bertz CT molecular complexity index is 2130. The molecule has 0 aromatic heterocycles. The summed E-state index contributed by atoms with van der Waals surface area (Å²) < 4.78 is 80.9. The van der Waals surface area contributed by atoms with Gasteiger partial charge >= 0.3 is 24.2 Å². The molecule has 0 spiro atoms. The lowest BCUT2D eigenvalue weighted by molar-refractivity contribution is -0.138. The van der Waals surface area contributed by atoms with Crippen molar-refractivity contribution < 1.29 is 45.5 Å². The van der Waals surface area contributed by atoms with Gasteiger partial charge in [0.25, 0.3) is 11.6 Å². The minimum atomic E-state index is -4.72. The van der Waals surface area contributed by atoms with Crippen LogP contribution >= 0.6 is 24.4 Å². The lowest BCUT2D eigenvalue weighted by Crippen LogP contribution is -2.30. The molecule has 6 rings (SSSR count). The van der Waals surface area contributed by atoms with Gasteiger partial charge in [0.05, 0.1) is 45.0 Å². The van der Waals surface area contributed by atoms with E-state index in [0.29, 0.717) is 23.3 Å². The number of hydrogen-bond acceptors (Lipinski definition) is 8. The van der Waals surface area contributed by atoms with Crippen LogP contribution in [0.2, 0.25) is 0 Å².